The SMILES string of the molecule is N#CCNC(=O)c1ccc(-c2ccncc2)[nH]c1=O. The number of amides is 1. The van der Waals surface area contributed by atoms with E-state index >= 15 is 0 Å². The summed E-state index contributed by atoms with van der Waals surface area (Å²) in [6.45, 7) is -0.135. The van der Waals surface area contributed by atoms with Gasteiger partial charge in [0.05, 0.1) is 6.07 Å². The Balaban J connectivity index is 2.31. The molecule has 0 fully saturated rings. The zero-order chi connectivity index (χ0) is 13.7. The van der Waals surface area contributed by atoms with Crippen molar-refractivity contribution in [3.05, 3.63) is 52.6 Å². The van der Waals surface area contributed by atoms with Crippen LogP contribution < -0.4 is 10.9 Å². The zero-order valence-electron chi connectivity index (χ0n) is 9.88. The Hall–Kier alpha value is -2.94. The van der Waals surface area contributed by atoms with Gasteiger partial charge in [0.25, 0.3) is 11.5 Å². The van der Waals surface area contributed by atoms with Crippen LogP contribution in [0.4, 0.5) is 0 Å². The van der Waals surface area contributed by atoms with Crippen molar-refractivity contribution in [3.63, 3.8) is 0 Å². The lowest BCUT2D eigenvalue weighted by Crippen LogP contribution is -2.29. The molecule has 6 heteroatoms. The van der Waals surface area contributed by atoms with Crippen LogP contribution >= 0.6 is 0 Å². The number of carbonyl (C=O) groups excluding carboxylic acids is 1. The predicted molar refractivity (Wildman–Crippen MR) is 68.2 cm³/mol. The number of carbonyl (C=O) groups is 1. The summed E-state index contributed by atoms with van der Waals surface area (Å²) in [6.07, 6.45) is 3.22. The Labute approximate surface area is 108 Å². The van der Waals surface area contributed by atoms with E-state index in [1.165, 1.54) is 6.07 Å². The van der Waals surface area contributed by atoms with E-state index in [4.69, 9.17) is 5.26 Å². The summed E-state index contributed by atoms with van der Waals surface area (Å²) in [4.78, 5) is 29.9. The third-order valence-corrected chi connectivity index (χ3v) is 2.47. The van der Waals surface area contributed by atoms with Crippen molar-refractivity contribution >= 4 is 5.91 Å². The molecule has 0 radical (unpaired) electrons. The molecule has 0 unspecified atom stereocenters. The summed E-state index contributed by atoms with van der Waals surface area (Å²) in [6, 6.07) is 8.34. The zero-order valence-corrected chi connectivity index (χ0v) is 9.88. The second-order valence-corrected chi connectivity index (χ2v) is 3.69. The van der Waals surface area contributed by atoms with Crippen molar-refractivity contribution < 1.29 is 4.79 Å². The van der Waals surface area contributed by atoms with Crippen molar-refractivity contribution in [2.24, 2.45) is 0 Å². The maximum absolute atomic E-state index is 11.8. The summed E-state index contributed by atoms with van der Waals surface area (Å²) in [5.41, 5.74) is 0.887. The number of nitriles is 1. The molecule has 2 N–H and O–H groups in total. The van der Waals surface area contributed by atoms with Gasteiger partial charge in [-0.2, -0.15) is 5.26 Å². The third-order valence-electron chi connectivity index (χ3n) is 2.47. The minimum Gasteiger partial charge on any atom is -0.339 e. The van der Waals surface area contributed by atoms with Gasteiger partial charge in [-0.05, 0) is 24.3 Å². The number of rotatable bonds is 3. The molecule has 2 aromatic rings. The molecule has 2 heterocycles. The first-order chi connectivity index (χ1) is 9.22. The first kappa shape index (κ1) is 12.5. The maximum atomic E-state index is 11.8. The third kappa shape index (κ3) is 2.84. The number of pyridine rings is 2. The van der Waals surface area contributed by atoms with Crippen LogP contribution in [0.1, 0.15) is 10.4 Å². The molecule has 0 saturated carbocycles. The van der Waals surface area contributed by atoms with Gasteiger partial charge in [0.2, 0.25) is 0 Å². The first-order valence-electron chi connectivity index (χ1n) is 5.51. The van der Waals surface area contributed by atoms with Gasteiger partial charge in [0.1, 0.15) is 12.1 Å². The summed E-state index contributed by atoms with van der Waals surface area (Å²) in [5.74, 6) is -0.566. The van der Waals surface area contributed by atoms with E-state index in [2.05, 4.69) is 15.3 Å². The van der Waals surface area contributed by atoms with E-state index in [1.807, 2.05) is 0 Å². The van der Waals surface area contributed by atoms with Crippen LogP contribution in [0, 0.1) is 11.3 Å². The quantitative estimate of drug-likeness (QED) is 0.787. The molecular formula is C13H10N4O2. The van der Waals surface area contributed by atoms with E-state index in [-0.39, 0.29) is 12.1 Å². The van der Waals surface area contributed by atoms with Crippen LogP contribution in [0.5, 0.6) is 0 Å². The summed E-state index contributed by atoms with van der Waals surface area (Å²) >= 11 is 0. The molecule has 0 spiro atoms. The lowest BCUT2D eigenvalue weighted by molar-refractivity contribution is 0.0957. The molecule has 0 aliphatic heterocycles. The largest absolute Gasteiger partial charge is 0.339 e. The minimum absolute atomic E-state index is 0.0203. The number of hydrogen-bond donors (Lipinski definition) is 2. The second kappa shape index (κ2) is 5.60. The van der Waals surface area contributed by atoms with Crippen molar-refractivity contribution in [2.75, 3.05) is 6.54 Å². The van der Waals surface area contributed by atoms with Crippen molar-refractivity contribution in [2.45, 2.75) is 0 Å². The van der Waals surface area contributed by atoms with Gasteiger partial charge in [-0.3, -0.25) is 14.6 Å². The van der Waals surface area contributed by atoms with Crippen LogP contribution in [0.25, 0.3) is 11.3 Å². The van der Waals surface area contributed by atoms with Gasteiger partial charge in [0.15, 0.2) is 0 Å². The van der Waals surface area contributed by atoms with Gasteiger partial charge in [-0.15, -0.1) is 0 Å². The number of aromatic nitrogens is 2. The van der Waals surface area contributed by atoms with Crippen molar-refractivity contribution in [1.82, 2.24) is 15.3 Å². The Morgan fingerprint density at radius 1 is 1.32 bits per heavy atom. The Morgan fingerprint density at radius 3 is 2.68 bits per heavy atom. The molecule has 0 bridgehead atoms. The predicted octanol–water partition coefficient (Wildman–Crippen LogP) is 0.690. The molecule has 0 aromatic carbocycles. The van der Waals surface area contributed by atoms with Crippen molar-refractivity contribution in [1.29, 1.82) is 5.26 Å². The standard InChI is InChI=1S/C13H10N4O2/c14-5-8-16-12(18)10-1-2-11(17-13(10)19)9-3-6-15-7-4-9/h1-4,6-7H,8H2,(H,16,18)(H,17,19). The molecule has 0 aliphatic carbocycles. The van der Waals surface area contributed by atoms with E-state index in [0.29, 0.717) is 5.69 Å². The average Bonchev–Trinajstić information content (AvgIpc) is 2.45. The van der Waals surface area contributed by atoms with Crippen molar-refractivity contribution in [3.8, 4) is 17.3 Å². The normalized spacial score (nSPS) is 9.63. The highest BCUT2D eigenvalue weighted by Crippen LogP contribution is 2.13. The molecule has 6 nitrogen and oxygen atoms in total. The van der Waals surface area contributed by atoms with Gasteiger partial charge in [-0.25, -0.2) is 0 Å². The highest BCUT2D eigenvalue weighted by molar-refractivity contribution is 5.94. The minimum atomic E-state index is -0.566. The van der Waals surface area contributed by atoms with Gasteiger partial charge in [-0.1, -0.05) is 0 Å². The maximum Gasteiger partial charge on any atom is 0.261 e. The highest BCUT2D eigenvalue weighted by atomic mass is 16.2. The smallest absolute Gasteiger partial charge is 0.261 e. The topological polar surface area (TPSA) is 98.6 Å². The summed E-state index contributed by atoms with van der Waals surface area (Å²) in [5, 5.41) is 10.7. The first-order valence-corrected chi connectivity index (χ1v) is 5.51. The van der Waals surface area contributed by atoms with E-state index in [0.717, 1.165) is 5.56 Å². The fraction of sp³-hybridized carbons (Fsp3) is 0.0769. The lowest BCUT2D eigenvalue weighted by atomic mass is 10.1. The van der Waals surface area contributed by atoms with Crippen LogP contribution in [-0.4, -0.2) is 22.4 Å². The Bertz CT molecular complexity index is 686. The number of hydrogen-bond acceptors (Lipinski definition) is 4. The van der Waals surface area contributed by atoms with E-state index in [1.54, 1.807) is 36.7 Å². The molecule has 2 aromatic heterocycles. The lowest BCUT2D eigenvalue weighted by Gasteiger charge is -2.03. The molecule has 1 amide bonds. The van der Waals surface area contributed by atoms with Crippen LogP contribution in [0.3, 0.4) is 0 Å². The number of nitrogens with one attached hydrogen (secondary N) is 2. The fourth-order valence-electron chi connectivity index (χ4n) is 1.57. The highest BCUT2D eigenvalue weighted by Gasteiger charge is 2.10. The summed E-state index contributed by atoms with van der Waals surface area (Å²) in [7, 11) is 0. The Morgan fingerprint density at radius 2 is 2.05 bits per heavy atom. The van der Waals surface area contributed by atoms with Crippen LogP contribution in [0.2, 0.25) is 0 Å². The molecule has 19 heavy (non-hydrogen) atoms. The number of nitrogens with zero attached hydrogens (tertiary/aromatic N) is 2. The number of aromatic amines is 1. The van der Waals surface area contributed by atoms with Gasteiger partial charge < -0.3 is 10.3 Å². The Kier molecular flexibility index (Phi) is 3.69. The molecule has 2 rings (SSSR count). The second-order valence-electron chi connectivity index (χ2n) is 3.69. The molecule has 94 valence electrons. The monoisotopic (exact) mass is 254 g/mol. The fourth-order valence-corrected chi connectivity index (χ4v) is 1.57. The van der Waals surface area contributed by atoms with Crippen LogP contribution in [0.15, 0.2) is 41.5 Å². The molecule has 0 atom stereocenters. The van der Waals surface area contributed by atoms with Crippen LogP contribution in [-0.2, 0) is 0 Å². The van der Waals surface area contributed by atoms with E-state index in [9.17, 15) is 9.59 Å². The van der Waals surface area contributed by atoms with E-state index < -0.39 is 11.5 Å². The molecule has 0 saturated heterocycles. The summed E-state index contributed by atoms with van der Waals surface area (Å²) < 4.78 is 0. The van der Waals surface area contributed by atoms with Gasteiger partial charge >= 0.3 is 0 Å². The van der Waals surface area contributed by atoms with Gasteiger partial charge in [0, 0.05) is 23.7 Å². The molecular weight excluding hydrogens is 244 g/mol. The average molecular weight is 254 g/mol. The number of H-pyrrole nitrogens is 1. The molecule has 0 aliphatic rings.